The molecule has 0 N–H and O–H groups in total. The van der Waals surface area contributed by atoms with E-state index in [0.717, 1.165) is 18.4 Å². The summed E-state index contributed by atoms with van der Waals surface area (Å²) < 4.78 is 15.6. The van der Waals surface area contributed by atoms with Gasteiger partial charge in [-0.1, -0.05) is 13.0 Å². The third kappa shape index (κ3) is 2.57. The monoisotopic (exact) mass is 372 g/mol. The summed E-state index contributed by atoms with van der Waals surface area (Å²) in [5.41, 5.74) is 0.229. The van der Waals surface area contributed by atoms with Gasteiger partial charge in [-0.2, -0.15) is 0 Å². The van der Waals surface area contributed by atoms with E-state index in [1.54, 1.807) is 6.07 Å². The van der Waals surface area contributed by atoms with Crippen LogP contribution in [0.15, 0.2) is 34.7 Å². The zero-order chi connectivity index (χ0) is 19.2. The van der Waals surface area contributed by atoms with Crippen LogP contribution in [-0.4, -0.2) is 31.4 Å². The molecule has 6 nitrogen and oxygen atoms in total. The lowest BCUT2D eigenvalue weighted by Gasteiger charge is -2.55. The molecular weight excluding hydrogens is 348 g/mol. The number of ketones is 1. The second-order valence-electron chi connectivity index (χ2n) is 8.21. The molecule has 2 fully saturated rings. The van der Waals surface area contributed by atoms with Gasteiger partial charge in [0, 0.05) is 17.4 Å². The Morgan fingerprint density at radius 2 is 2.15 bits per heavy atom. The summed E-state index contributed by atoms with van der Waals surface area (Å²) in [5.74, 6) is -0.971. The molecule has 144 valence electrons. The number of carbonyl (C=O) groups is 3. The molecule has 0 unspecified atom stereocenters. The lowest BCUT2D eigenvalue weighted by molar-refractivity contribution is -0.160. The summed E-state index contributed by atoms with van der Waals surface area (Å²) in [7, 11) is 1.39. The number of allylic oxidation sites excluding steroid dienone is 1. The minimum absolute atomic E-state index is 0.00477. The summed E-state index contributed by atoms with van der Waals surface area (Å²) in [6.07, 6.45) is 7.95. The summed E-state index contributed by atoms with van der Waals surface area (Å²) in [4.78, 5) is 37.8. The smallest absolute Gasteiger partial charge is 0.334 e. The van der Waals surface area contributed by atoms with Gasteiger partial charge in [-0.05, 0) is 43.1 Å². The first kappa shape index (κ1) is 18.0. The normalized spacial score (nSPS) is 34.9. The Bertz CT molecular complexity index is 807. The van der Waals surface area contributed by atoms with Crippen molar-refractivity contribution in [3.63, 3.8) is 0 Å². The number of carbonyl (C=O) groups excluding carboxylic acids is 3. The summed E-state index contributed by atoms with van der Waals surface area (Å²) in [6.45, 7) is 2.34. The third-order valence-corrected chi connectivity index (χ3v) is 7.03. The molecule has 2 heterocycles. The van der Waals surface area contributed by atoms with Crippen LogP contribution in [0.5, 0.6) is 0 Å². The van der Waals surface area contributed by atoms with E-state index in [-0.39, 0.29) is 36.0 Å². The molecule has 1 saturated heterocycles. The second-order valence-corrected chi connectivity index (χ2v) is 8.21. The molecule has 3 aliphatic rings. The number of methoxy groups -OCH3 is 1. The van der Waals surface area contributed by atoms with Crippen LogP contribution >= 0.6 is 0 Å². The number of esters is 2. The van der Waals surface area contributed by atoms with Crippen LogP contribution in [0.3, 0.4) is 0 Å². The Hall–Kier alpha value is -2.37. The van der Waals surface area contributed by atoms with Crippen molar-refractivity contribution in [3.8, 4) is 0 Å². The molecule has 4 rings (SSSR count). The van der Waals surface area contributed by atoms with E-state index < -0.39 is 10.8 Å². The first-order chi connectivity index (χ1) is 12.9. The van der Waals surface area contributed by atoms with Crippen LogP contribution < -0.4 is 0 Å². The molecule has 6 heteroatoms. The van der Waals surface area contributed by atoms with E-state index in [1.807, 2.05) is 13.0 Å². The number of cyclic esters (lactones) is 1. The van der Waals surface area contributed by atoms with Crippen molar-refractivity contribution in [1.29, 1.82) is 0 Å². The summed E-state index contributed by atoms with van der Waals surface area (Å²) >= 11 is 0. The van der Waals surface area contributed by atoms with E-state index in [0.29, 0.717) is 25.0 Å². The fraction of sp³-hybridized carbons (Fsp3) is 0.571. The molecule has 0 amide bonds. The summed E-state index contributed by atoms with van der Waals surface area (Å²) in [5, 5.41) is 0. The number of ether oxygens (including phenoxy) is 2. The van der Waals surface area contributed by atoms with E-state index in [9.17, 15) is 14.4 Å². The van der Waals surface area contributed by atoms with E-state index in [2.05, 4.69) is 0 Å². The topological polar surface area (TPSA) is 82.8 Å². The average Bonchev–Trinajstić information content (AvgIpc) is 3.30. The Balaban J connectivity index is 1.75. The van der Waals surface area contributed by atoms with Gasteiger partial charge < -0.3 is 13.9 Å². The van der Waals surface area contributed by atoms with Gasteiger partial charge in [-0.3, -0.25) is 9.59 Å². The van der Waals surface area contributed by atoms with Crippen LogP contribution in [-0.2, 0) is 19.1 Å². The molecule has 0 aromatic carbocycles. The molecule has 2 aliphatic carbocycles. The second kappa shape index (κ2) is 6.36. The Morgan fingerprint density at radius 1 is 1.33 bits per heavy atom. The lowest BCUT2D eigenvalue weighted by atomic mass is 9.46. The molecule has 0 radical (unpaired) electrons. The van der Waals surface area contributed by atoms with Crippen molar-refractivity contribution in [2.75, 3.05) is 13.7 Å². The minimum Gasteiger partial charge on any atom is -0.472 e. The first-order valence-electron chi connectivity index (χ1n) is 9.43. The maximum Gasteiger partial charge on any atom is 0.334 e. The van der Waals surface area contributed by atoms with Crippen molar-refractivity contribution in [2.24, 2.45) is 22.7 Å². The first-order valence-corrected chi connectivity index (χ1v) is 9.43. The molecule has 1 saturated carbocycles. The van der Waals surface area contributed by atoms with E-state index >= 15 is 0 Å². The fourth-order valence-electron chi connectivity index (χ4n) is 5.76. The van der Waals surface area contributed by atoms with Crippen LogP contribution in [0.1, 0.15) is 49.4 Å². The molecule has 1 spiro atoms. The van der Waals surface area contributed by atoms with Crippen LogP contribution in [0.4, 0.5) is 0 Å². The SMILES string of the molecule is COC(=O)[C@@H]1CC[C@@]23COC(=O)C2=CCC[C@@H]3[C@]1(C)CC(=O)c1ccoc1. The van der Waals surface area contributed by atoms with Crippen LogP contribution in [0.25, 0.3) is 0 Å². The third-order valence-electron chi connectivity index (χ3n) is 7.03. The zero-order valence-corrected chi connectivity index (χ0v) is 15.7. The van der Waals surface area contributed by atoms with Crippen LogP contribution in [0, 0.1) is 22.7 Å². The van der Waals surface area contributed by atoms with Gasteiger partial charge in [-0.25, -0.2) is 4.79 Å². The maximum absolute atomic E-state index is 12.9. The number of hydrogen-bond donors (Lipinski definition) is 0. The highest BCUT2D eigenvalue weighted by Crippen LogP contribution is 2.64. The molecule has 27 heavy (non-hydrogen) atoms. The predicted molar refractivity (Wildman–Crippen MR) is 94.7 cm³/mol. The molecule has 4 atom stereocenters. The van der Waals surface area contributed by atoms with Gasteiger partial charge >= 0.3 is 11.9 Å². The zero-order valence-electron chi connectivity index (χ0n) is 15.7. The van der Waals surface area contributed by atoms with E-state index in [1.165, 1.54) is 19.6 Å². The maximum atomic E-state index is 12.9. The number of Topliss-reactive ketones (excluding diaryl/α,β-unsaturated/α-hetero) is 1. The van der Waals surface area contributed by atoms with Crippen molar-refractivity contribution in [1.82, 2.24) is 0 Å². The Labute approximate surface area is 157 Å². The highest BCUT2D eigenvalue weighted by atomic mass is 16.5. The fourth-order valence-corrected chi connectivity index (χ4v) is 5.76. The summed E-state index contributed by atoms with van der Waals surface area (Å²) in [6, 6.07) is 1.64. The van der Waals surface area contributed by atoms with Crippen molar-refractivity contribution < 1.29 is 28.3 Å². The quantitative estimate of drug-likeness (QED) is 0.596. The van der Waals surface area contributed by atoms with Gasteiger partial charge in [0.1, 0.15) is 12.9 Å². The minimum atomic E-state index is -0.618. The Kier molecular flexibility index (Phi) is 4.24. The van der Waals surface area contributed by atoms with E-state index in [4.69, 9.17) is 13.9 Å². The molecular formula is C21H24O6. The number of hydrogen-bond acceptors (Lipinski definition) is 6. The largest absolute Gasteiger partial charge is 0.472 e. The molecule has 0 bridgehead atoms. The van der Waals surface area contributed by atoms with Gasteiger partial charge in [0.05, 0.1) is 24.9 Å². The average molecular weight is 372 g/mol. The predicted octanol–water partition coefficient (Wildman–Crippen LogP) is 3.32. The standard InChI is InChI=1S/C21H24O6/c1-20(10-16(22)13-7-9-26-11-13)14(18(23)25-2)6-8-21-12-27-19(24)15(21)4-3-5-17(20)21/h4,7,9,11,14,17H,3,5-6,8,10,12H2,1-2H3/t14-,17+,20+,21+/m0/s1. The van der Waals surface area contributed by atoms with Crippen molar-refractivity contribution in [3.05, 3.63) is 35.8 Å². The number of furan rings is 1. The van der Waals surface area contributed by atoms with Crippen LogP contribution in [0.2, 0.25) is 0 Å². The van der Waals surface area contributed by atoms with Gasteiger partial charge in [0.2, 0.25) is 0 Å². The van der Waals surface area contributed by atoms with Gasteiger partial charge in [0.15, 0.2) is 5.78 Å². The molecule has 1 aromatic rings. The van der Waals surface area contributed by atoms with Crippen molar-refractivity contribution >= 4 is 17.7 Å². The number of rotatable bonds is 4. The van der Waals surface area contributed by atoms with Crippen molar-refractivity contribution in [2.45, 2.75) is 39.0 Å². The highest BCUT2D eigenvalue weighted by molar-refractivity contribution is 5.97. The van der Waals surface area contributed by atoms with Gasteiger partial charge in [0.25, 0.3) is 0 Å². The highest BCUT2D eigenvalue weighted by Gasteiger charge is 2.63. The lowest BCUT2D eigenvalue weighted by Crippen LogP contribution is -2.55. The Morgan fingerprint density at radius 3 is 2.85 bits per heavy atom. The molecule has 1 aromatic heterocycles. The van der Waals surface area contributed by atoms with Gasteiger partial charge in [-0.15, -0.1) is 0 Å². The molecule has 1 aliphatic heterocycles.